The van der Waals surface area contributed by atoms with Crippen molar-refractivity contribution in [2.75, 3.05) is 46.8 Å². The van der Waals surface area contributed by atoms with Crippen LogP contribution in [0.4, 0.5) is 0 Å². The molecule has 0 unspecified atom stereocenters. The molecule has 0 saturated carbocycles. The molecule has 3 heteroatoms. The lowest BCUT2D eigenvalue weighted by Crippen LogP contribution is -2.41. The fraction of sp³-hybridized carbons (Fsp3) is 1.00. The molecule has 1 aliphatic rings. The van der Waals surface area contributed by atoms with E-state index < -0.39 is 0 Å². The van der Waals surface area contributed by atoms with Gasteiger partial charge in [0.1, 0.15) is 0 Å². The summed E-state index contributed by atoms with van der Waals surface area (Å²) in [5, 5.41) is 0. The van der Waals surface area contributed by atoms with Crippen LogP contribution in [0.3, 0.4) is 0 Å². The summed E-state index contributed by atoms with van der Waals surface area (Å²) in [7, 11) is 4.45. The molecule has 0 aliphatic carbocycles. The first-order valence-corrected chi connectivity index (χ1v) is 6.50. The van der Waals surface area contributed by atoms with Crippen molar-refractivity contribution in [2.45, 2.75) is 26.7 Å². The van der Waals surface area contributed by atoms with Gasteiger partial charge in [0, 0.05) is 13.1 Å². The van der Waals surface area contributed by atoms with Crippen molar-refractivity contribution < 1.29 is 0 Å². The highest BCUT2D eigenvalue weighted by Crippen LogP contribution is 2.19. The molecule has 0 aromatic carbocycles. The standard InChI is InChI=1S/C13H29N3/c1-13(2,10-14)11-16(4)9-12-5-7-15(3)8-6-12/h12H,5-11,14H2,1-4H3. The Morgan fingerprint density at radius 1 is 1.31 bits per heavy atom. The molecule has 96 valence electrons. The third-order valence-electron chi connectivity index (χ3n) is 3.66. The van der Waals surface area contributed by atoms with Crippen LogP contribution in [0.25, 0.3) is 0 Å². The Morgan fingerprint density at radius 3 is 2.38 bits per heavy atom. The van der Waals surface area contributed by atoms with Gasteiger partial charge in [-0.15, -0.1) is 0 Å². The van der Waals surface area contributed by atoms with Gasteiger partial charge in [0.2, 0.25) is 0 Å². The molecule has 0 bridgehead atoms. The topological polar surface area (TPSA) is 32.5 Å². The van der Waals surface area contributed by atoms with Crippen molar-refractivity contribution in [3.8, 4) is 0 Å². The largest absolute Gasteiger partial charge is 0.330 e. The van der Waals surface area contributed by atoms with E-state index in [9.17, 15) is 0 Å². The minimum atomic E-state index is 0.250. The highest BCUT2D eigenvalue weighted by Gasteiger charge is 2.22. The highest BCUT2D eigenvalue weighted by atomic mass is 15.1. The molecular weight excluding hydrogens is 198 g/mol. The van der Waals surface area contributed by atoms with Gasteiger partial charge in [0.05, 0.1) is 0 Å². The molecule has 16 heavy (non-hydrogen) atoms. The maximum Gasteiger partial charge on any atom is 0.00418 e. The van der Waals surface area contributed by atoms with Crippen molar-refractivity contribution in [1.29, 1.82) is 0 Å². The number of hydrogen-bond acceptors (Lipinski definition) is 3. The van der Waals surface area contributed by atoms with E-state index in [1.165, 1.54) is 32.5 Å². The quantitative estimate of drug-likeness (QED) is 0.767. The number of nitrogens with zero attached hydrogens (tertiary/aromatic N) is 2. The van der Waals surface area contributed by atoms with Gasteiger partial charge in [-0.3, -0.25) is 0 Å². The minimum Gasteiger partial charge on any atom is -0.330 e. The van der Waals surface area contributed by atoms with Crippen molar-refractivity contribution in [2.24, 2.45) is 17.1 Å². The molecule has 0 amide bonds. The first-order valence-electron chi connectivity index (χ1n) is 6.50. The predicted octanol–water partition coefficient (Wildman–Crippen LogP) is 1.24. The first-order chi connectivity index (χ1) is 7.43. The van der Waals surface area contributed by atoms with Crippen molar-refractivity contribution >= 4 is 0 Å². The Balaban J connectivity index is 2.26. The second-order valence-electron chi connectivity index (χ2n) is 6.31. The van der Waals surface area contributed by atoms with E-state index in [1.54, 1.807) is 0 Å². The molecule has 0 spiro atoms. The van der Waals surface area contributed by atoms with Gasteiger partial charge in [-0.25, -0.2) is 0 Å². The molecule has 1 aliphatic heterocycles. The Hall–Kier alpha value is -0.120. The summed E-state index contributed by atoms with van der Waals surface area (Å²) in [5.41, 5.74) is 6.02. The average molecular weight is 227 g/mol. The molecule has 1 rings (SSSR count). The fourth-order valence-corrected chi connectivity index (χ4v) is 2.55. The van der Waals surface area contributed by atoms with Gasteiger partial charge in [-0.2, -0.15) is 0 Å². The number of rotatable bonds is 5. The number of hydrogen-bond donors (Lipinski definition) is 1. The SMILES string of the molecule is CN1CCC(CN(C)CC(C)(C)CN)CC1. The lowest BCUT2D eigenvalue weighted by atomic mass is 9.91. The second-order valence-corrected chi connectivity index (χ2v) is 6.31. The van der Waals surface area contributed by atoms with E-state index in [0.29, 0.717) is 0 Å². The van der Waals surface area contributed by atoms with Crippen molar-refractivity contribution in [3.05, 3.63) is 0 Å². The zero-order valence-corrected chi connectivity index (χ0v) is 11.5. The van der Waals surface area contributed by atoms with Gasteiger partial charge < -0.3 is 15.5 Å². The molecule has 0 aromatic rings. The highest BCUT2D eigenvalue weighted by molar-refractivity contribution is 4.77. The van der Waals surface area contributed by atoms with E-state index in [-0.39, 0.29) is 5.41 Å². The van der Waals surface area contributed by atoms with E-state index in [4.69, 9.17) is 5.73 Å². The zero-order chi connectivity index (χ0) is 12.2. The zero-order valence-electron chi connectivity index (χ0n) is 11.5. The second kappa shape index (κ2) is 5.99. The van der Waals surface area contributed by atoms with Crippen LogP contribution in [0.2, 0.25) is 0 Å². The van der Waals surface area contributed by atoms with Crippen LogP contribution in [0.5, 0.6) is 0 Å². The smallest absolute Gasteiger partial charge is 0.00418 e. The Morgan fingerprint density at radius 2 is 1.88 bits per heavy atom. The summed E-state index contributed by atoms with van der Waals surface area (Å²) >= 11 is 0. The predicted molar refractivity (Wildman–Crippen MR) is 70.6 cm³/mol. The fourth-order valence-electron chi connectivity index (χ4n) is 2.55. The molecule has 1 saturated heterocycles. The molecule has 3 nitrogen and oxygen atoms in total. The van der Waals surface area contributed by atoms with Crippen LogP contribution in [0, 0.1) is 11.3 Å². The summed E-state index contributed by atoms with van der Waals surface area (Å²) < 4.78 is 0. The summed E-state index contributed by atoms with van der Waals surface area (Å²) in [4.78, 5) is 4.89. The van der Waals surface area contributed by atoms with Crippen LogP contribution in [0.15, 0.2) is 0 Å². The van der Waals surface area contributed by atoms with Crippen LogP contribution < -0.4 is 5.73 Å². The molecule has 0 radical (unpaired) electrons. The van der Waals surface area contributed by atoms with Gasteiger partial charge in [-0.05, 0) is 57.9 Å². The van der Waals surface area contributed by atoms with Crippen LogP contribution in [-0.4, -0.2) is 56.6 Å². The summed E-state index contributed by atoms with van der Waals surface area (Å²) in [6.45, 7) is 10.1. The summed E-state index contributed by atoms with van der Waals surface area (Å²) in [6.07, 6.45) is 2.70. The van der Waals surface area contributed by atoms with Crippen LogP contribution >= 0.6 is 0 Å². The number of nitrogens with two attached hydrogens (primary N) is 1. The maximum absolute atomic E-state index is 5.77. The van der Waals surface area contributed by atoms with Gasteiger partial charge >= 0.3 is 0 Å². The normalized spacial score (nSPS) is 20.6. The third kappa shape index (κ3) is 4.81. The van der Waals surface area contributed by atoms with Crippen LogP contribution in [-0.2, 0) is 0 Å². The van der Waals surface area contributed by atoms with Gasteiger partial charge in [0.25, 0.3) is 0 Å². The number of likely N-dealkylation sites (tertiary alicyclic amines) is 1. The molecule has 1 heterocycles. The molecule has 2 N–H and O–H groups in total. The van der Waals surface area contributed by atoms with Crippen molar-refractivity contribution in [3.63, 3.8) is 0 Å². The van der Waals surface area contributed by atoms with E-state index >= 15 is 0 Å². The minimum absolute atomic E-state index is 0.250. The Labute approximate surface area is 101 Å². The monoisotopic (exact) mass is 227 g/mol. The van der Waals surface area contributed by atoms with Gasteiger partial charge in [-0.1, -0.05) is 13.8 Å². The number of piperidine rings is 1. The van der Waals surface area contributed by atoms with E-state index in [2.05, 4.69) is 37.7 Å². The lowest BCUT2D eigenvalue weighted by Gasteiger charge is -2.34. The average Bonchev–Trinajstić information content (AvgIpc) is 2.21. The lowest BCUT2D eigenvalue weighted by molar-refractivity contribution is 0.147. The Bertz CT molecular complexity index is 195. The van der Waals surface area contributed by atoms with Gasteiger partial charge in [0.15, 0.2) is 0 Å². The molecule has 0 aromatic heterocycles. The summed E-state index contributed by atoms with van der Waals surface area (Å²) in [6, 6.07) is 0. The molecule has 1 fully saturated rings. The van der Waals surface area contributed by atoms with E-state index in [0.717, 1.165) is 19.0 Å². The van der Waals surface area contributed by atoms with E-state index in [1.807, 2.05) is 0 Å². The first kappa shape index (κ1) is 13.9. The maximum atomic E-state index is 5.77. The van der Waals surface area contributed by atoms with Crippen molar-refractivity contribution in [1.82, 2.24) is 9.80 Å². The molecule has 0 atom stereocenters. The van der Waals surface area contributed by atoms with Crippen LogP contribution in [0.1, 0.15) is 26.7 Å². The summed E-state index contributed by atoms with van der Waals surface area (Å²) in [5.74, 6) is 0.884. The third-order valence-corrected chi connectivity index (χ3v) is 3.66. The Kier molecular flexibility index (Phi) is 5.22. The molecular formula is C13H29N3.